The van der Waals surface area contributed by atoms with Crippen molar-refractivity contribution in [1.29, 1.82) is 0 Å². The third kappa shape index (κ3) is 4.74. The minimum absolute atomic E-state index is 0.277. The molecule has 0 aromatic heterocycles. The maximum atomic E-state index is 13.4. The van der Waals surface area contributed by atoms with E-state index in [9.17, 15) is 14.4 Å². The first kappa shape index (κ1) is 23.6. The van der Waals surface area contributed by atoms with Gasteiger partial charge in [-0.1, -0.05) is 37.9 Å². The van der Waals surface area contributed by atoms with Crippen molar-refractivity contribution in [3.8, 4) is 11.5 Å². The van der Waals surface area contributed by atoms with Crippen molar-refractivity contribution in [3.05, 3.63) is 50.6 Å². The predicted molar refractivity (Wildman–Crippen MR) is 132 cm³/mol. The molecular weight excluding hydrogens is 561 g/mol. The summed E-state index contributed by atoms with van der Waals surface area (Å²) in [4.78, 5) is 40.6. The second-order valence-corrected chi connectivity index (χ2v) is 9.59. The number of fused-ring (bicyclic) bond motifs is 1. The zero-order chi connectivity index (χ0) is 23.7. The summed E-state index contributed by atoms with van der Waals surface area (Å²) >= 11 is 8.39. The molecule has 174 valence electrons. The van der Waals surface area contributed by atoms with Gasteiger partial charge < -0.3 is 20.1 Å². The highest BCUT2D eigenvalue weighted by atomic mass is 127. The van der Waals surface area contributed by atoms with Gasteiger partial charge in [-0.3, -0.25) is 9.59 Å². The Morgan fingerprint density at radius 1 is 1.21 bits per heavy atom. The maximum absolute atomic E-state index is 13.4. The highest BCUT2D eigenvalue weighted by molar-refractivity contribution is 14.1. The van der Waals surface area contributed by atoms with E-state index in [-0.39, 0.29) is 5.92 Å². The second-order valence-electron chi connectivity index (χ2n) is 7.94. The standard InChI is InChI=1S/C23H23ClIN3O5/c1-3-12(2)20(21(29)26-16-6-5-14(25)11-15(16)24)28-22(30)19(27-23(28)31)13-4-7-17-18(10-13)33-9-8-32-17/h4-7,10-12,19-20H,3,8-9H2,1-2H3,(H,26,29)(H,27,31)/t12-,19+,20?/m0/s1. The Labute approximate surface area is 210 Å². The number of rotatable bonds is 6. The summed E-state index contributed by atoms with van der Waals surface area (Å²) in [6.45, 7) is 4.59. The summed E-state index contributed by atoms with van der Waals surface area (Å²) in [7, 11) is 0. The molecule has 4 amide bonds. The first-order valence-corrected chi connectivity index (χ1v) is 12.0. The summed E-state index contributed by atoms with van der Waals surface area (Å²) in [5, 5.41) is 5.87. The van der Waals surface area contributed by atoms with Gasteiger partial charge in [-0.25, -0.2) is 9.69 Å². The van der Waals surface area contributed by atoms with Crippen LogP contribution in [0, 0.1) is 9.49 Å². The summed E-state index contributed by atoms with van der Waals surface area (Å²) in [6, 6.07) is 7.80. The fourth-order valence-corrected chi connectivity index (χ4v) is 4.78. The molecule has 3 atom stereocenters. The fraction of sp³-hybridized carbons (Fsp3) is 0.348. The summed E-state index contributed by atoms with van der Waals surface area (Å²) in [5.41, 5.74) is 0.981. The average Bonchev–Trinajstić information content (AvgIpc) is 3.09. The Hall–Kier alpha value is -2.53. The van der Waals surface area contributed by atoms with E-state index in [0.29, 0.717) is 47.4 Å². The minimum atomic E-state index is -1.000. The van der Waals surface area contributed by atoms with Gasteiger partial charge in [0.05, 0.1) is 10.7 Å². The van der Waals surface area contributed by atoms with Gasteiger partial charge in [0.25, 0.3) is 5.91 Å². The highest BCUT2D eigenvalue weighted by Gasteiger charge is 2.47. The number of amides is 4. The number of anilines is 1. The Kier molecular flexibility index (Phi) is 6.99. The second kappa shape index (κ2) is 9.76. The van der Waals surface area contributed by atoms with Crippen LogP contribution in [0.2, 0.25) is 5.02 Å². The van der Waals surface area contributed by atoms with Crippen LogP contribution in [0.5, 0.6) is 11.5 Å². The molecule has 1 fully saturated rings. The van der Waals surface area contributed by atoms with E-state index in [2.05, 4.69) is 33.2 Å². The Bertz CT molecular complexity index is 1110. The SMILES string of the molecule is CC[C@H](C)C(C(=O)Nc1ccc(I)cc1Cl)N1C(=O)N[C@H](c2ccc3c(c2)OCCO3)C1=O. The van der Waals surface area contributed by atoms with Gasteiger partial charge in [-0.15, -0.1) is 0 Å². The number of carbonyl (C=O) groups excluding carboxylic acids is 3. The molecule has 2 aliphatic heterocycles. The molecule has 0 saturated carbocycles. The van der Waals surface area contributed by atoms with Crippen LogP contribution >= 0.6 is 34.2 Å². The van der Waals surface area contributed by atoms with Gasteiger partial charge >= 0.3 is 6.03 Å². The molecule has 0 aliphatic carbocycles. The summed E-state index contributed by atoms with van der Waals surface area (Å²) < 4.78 is 12.0. The predicted octanol–water partition coefficient (Wildman–Crippen LogP) is 4.36. The van der Waals surface area contributed by atoms with E-state index >= 15 is 0 Å². The number of hydrogen-bond donors (Lipinski definition) is 2. The lowest BCUT2D eigenvalue weighted by Gasteiger charge is -2.29. The number of imide groups is 1. The Morgan fingerprint density at radius 3 is 2.64 bits per heavy atom. The molecule has 1 saturated heterocycles. The number of urea groups is 1. The lowest BCUT2D eigenvalue weighted by atomic mass is 9.96. The first-order chi connectivity index (χ1) is 15.8. The van der Waals surface area contributed by atoms with Crippen LogP contribution in [0.15, 0.2) is 36.4 Å². The van der Waals surface area contributed by atoms with E-state index in [0.717, 1.165) is 8.47 Å². The summed E-state index contributed by atoms with van der Waals surface area (Å²) in [6.07, 6.45) is 0.588. The van der Waals surface area contributed by atoms with Gasteiger partial charge in [0.1, 0.15) is 25.3 Å². The molecule has 2 aromatic rings. The van der Waals surface area contributed by atoms with Crippen LogP contribution < -0.4 is 20.1 Å². The number of nitrogens with one attached hydrogen (secondary N) is 2. The average molecular weight is 584 g/mol. The monoisotopic (exact) mass is 583 g/mol. The number of benzene rings is 2. The van der Waals surface area contributed by atoms with Gasteiger partial charge in [0.2, 0.25) is 5.91 Å². The highest BCUT2D eigenvalue weighted by Crippen LogP contribution is 2.35. The number of carbonyl (C=O) groups is 3. The van der Waals surface area contributed by atoms with Gasteiger partial charge in [0.15, 0.2) is 11.5 Å². The third-order valence-electron chi connectivity index (χ3n) is 5.79. The molecule has 0 spiro atoms. The smallest absolute Gasteiger partial charge is 0.325 e. The Morgan fingerprint density at radius 2 is 1.94 bits per heavy atom. The number of ether oxygens (including phenoxy) is 2. The lowest BCUT2D eigenvalue weighted by molar-refractivity contribution is -0.135. The molecule has 2 aliphatic rings. The lowest BCUT2D eigenvalue weighted by Crippen LogP contribution is -2.51. The van der Waals surface area contributed by atoms with E-state index < -0.39 is 29.9 Å². The van der Waals surface area contributed by atoms with Crippen molar-refractivity contribution in [1.82, 2.24) is 10.2 Å². The normalized spacial score (nSPS) is 19.2. The van der Waals surface area contributed by atoms with E-state index in [1.54, 1.807) is 30.3 Å². The van der Waals surface area contributed by atoms with Crippen molar-refractivity contribution in [2.45, 2.75) is 32.4 Å². The van der Waals surface area contributed by atoms with Crippen LogP contribution in [-0.4, -0.2) is 42.0 Å². The van der Waals surface area contributed by atoms with Crippen LogP contribution in [-0.2, 0) is 9.59 Å². The molecule has 1 unspecified atom stereocenters. The topological polar surface area (TPSA) is 97.0 Å². The molecule has 4 rings (SSSR count). The van der Waals surface area contributed by atoms with Gasteiger partial charge in [0, 0.05) is 3.57 Å². The van der Waals surface area contributed by atoms with Gasteiger partial charge in [-0.05, 0) is 64.4 Å². The summed E-state index contributed by atoms with van der Waals surface area (Å²) in [5.74, 6) is -0.139. The molecule has 0 radical (unpaired) electrons. The molecule has 10 heteroatoms. The molecule has 0 bridgehead atoms. The molecular formula is C23H23ClIN3O5. The molecule has 2 heterocycles. The maximum Gasteiger partial charge on any atom is 0.325 e. The zero-order valence-corrected chi connectivity index (χ0v) is 21.0. The number of nitrogens with zero attached hydrogens (tertiary/aromatic N) is 1. The first-order valence-electron chi connectivity index (χ1n) is 10.6. The van der Waals surface area contributed by atoms with Crippen molar-refractivity contribution < 1.29 is 23.9 Å². The largest absolute Gasteiger partial charge is 0.486 e. The third-order valence-corrected chi connectivity index (χ3v) is 6.77. The van der Waals surface area contributed by atoms with Crippen LogP contribution in [0.25, 0.3) is 0 Å². The molecule has 2 aromatic carbocycles. The van der Waals surface area contributed by atoms with Crippen molar-refractivity contribution in [3.63, 3.8) is 0 Å². The van der Waals surface area contributed by atoms with Crippen molar-refractivity contribution >= 4 is 57.7 Å². The molecule has 33 heavy (non-hydrogen) atoms. The van der Waals surface area contributed by atoms with E-state index in [1.165, 1.54) is 0 Å². The fourth-order valence-electron chi connectivity index (χ4n) is 3.87. The van der Waals surface area contributed by atoms with Gasteiger partial charge in [-0.2, -0.15) is 0 Å². The van der Waals surface area contributed by atoms with Crippen LogP contribution in [0.4, 0.5) is 10.5 Å². The van der Waals surface area contributed by atoms with Crippen molar-refractivity contribution in [2.75, 3.05) is 18.5 Å². The minimum Gasteiger partial charge on any atom is -0.486 e. The van der Waals surface area contributed by atoms with E-state index in [4.69, 9.17) is 21.1 Å². The number of hydrogen-bond acceptors (Lipinski definition) is 5. The Balaban J connectivity index is 1.60. The van der Waals surface area contributed by atoms with Crippen LogP contribution in [0.1, 0.15) is 31.9 Å². The zero-order valence-electron chi connectivity index (χ0n) is 18.1. The molecule has 2 N–H and O–H groups in total. The van der Waals surface area contributed by atoms with E-state index in [1.807, 2.05) is 19.9 Å². The van der Waals surface area contributed by atoms with Crippen molar-refractivity contribution in [2.24, 2.45) is 5.92 Å². The van der Waals surface area contributed by atoms with Crippen LogP contribution in [0.3, 0.4) is 0 Å². The molecule has 8 nitrogen and oxygen atoms in total. The number of halogens is 2. The quantitative estimate of drug-likeness (QED) is 0.389.